The van der Waals surface area contributed by atoms with Crippen LogP contribution in [-0.2, 0) is 16.9 Å². The molecule has 31 heavy (non-hydrogen) atoms. The van der Waals surface area contributed by atoms with E-state index in [9.17, 15) is 44.3 Å². The predicted molar refractivity (Wildman–Crippen MR) is 90.1 cm³/mol. The number of alkyl halides is 9. The molecule has 1 aromatic rings. The van der Waals surface area contributed by atoms with Gasteiger partial charge in [-0.3, -0.25) is 4.79 Å². The molecule has 0 spiro atoms. The Hall–Kier alpha value is -1.94. The molecule has 172 valence electrons. The molecule has 4 rings (SSSR count). The van der Waals surface area contributed by atoms with E-state index >= 15 is 0 Å². The van der Waals surface area contributed by atoms with Gasteiger partial charge in [-0.1, -0.05) is 18.2 Å². The van der Waals surface area contributed by atoms with E-state index in [0.29, 0.717) is 30.5 Å². The van der Waals surface area contributed by atoms with E-state index in [0.717, 1.165) is 6.07 Å². The topological polar surface area (TPSA) is 29.1 Å². The number of carbonyl (C=O) groups excluding carboxylic acids is 1. The number of hydrogen-bond donors (Lipinski definition) is 1. The van der Waals surface area contributed by atoms with Crippen LogP contribution in [0.1, 0.15) is 48.3 Å². The van der Waals surface area contributed by atoms with Gasteiger partial charge in [0.2, 0.25) is 5.91 Å². The van der Waals surface area contributed by atoms with Crippen LogP contribution in [0.3, 0.4) is 0 Å². The summed E-state index contributed by atoms with van der Waals surface area (Å²) in [6.45, 7) is 0. The maximum Gasteiger partial charge on any atom is 0.435 e. The van der Waals surface area contributed by atoms with Crippen LogP contribution in [0.15, 0.2) is 18.2 Å². The molecular formula is C20H18F9NO. The van der Waals surface area contributed by atoms with Crippen LogP contribution in [-0.4, -0.2) is 30.2 Å². The molecule has 4 atom stereocenters. The summed E-state index contributed by atoms with van der Waals surface area (Å²) in [6, 6.07) is 0.994. The van der Waals surface area contributed by atoms with Gasteiger partial charge in [0.25, 0.3) is 5.92 Å². The summed E-state index contributed by atoms with van der Waals surface area (Å²) >= 11 is 0. The fraction of sp³-hybridized carbons (Fsp3) is 0.650. The first kappa shape index (κ1) is 22.3. The van der Waals surface area contributed by atoms with Gasteiger partial charge >= 0.3 is 18.0 Å². The fourth-order valence-corrected chi connectivity index (χ4v) is 5.04. The average molecular weight is 459 g/mol. The molecule has 3 aliphatic carbocycles. The van der Waals surface area contributed by atoms with E-state index in [1.807, 2.05) is 0 Å². The Labute approximate surface area is 171 Å². The van der Waals surface area contributed by atoms with Crippen molar-refractivity contribution < 1.29 is 44.3 Å². The molecule has 0 heterocycles. The molecule has 1 N–H and O–H groups in total. The fourth-order valence-electron chi connectivity index (χ4n) is 5.04. The average Bonchev–Trinajstić information content (AvgIpc) is 3.05. The van der Waals surface area contributed by atoms with Crippen molar-refractivity contribution in [1.82, 2.24) is 5.32 Å². The second kappa shape index (κ2) is 6.78. The summed E-state index contributed by atoms with van der Waals surface area (Å²) < 4.78 is 119. The first-order valence-electron chi connectivity index (χ1n) is 9.80. The van der Waals surface area contributed by atoms with Crippen LogP contribution >= 0.6 is 0 Å². The Morgan fingerprint density at radius 2 is 1.58 bits per heavy atom. The van der Waals surface area contributed by atoms with Crippen LogP contribution in [0.25, 0.3) is 0 Å². The lowest BCUT2D eigenvalue weighted by Crippen LogP contribution is -2.50. The van der Waals surface area contributed by atoms with Crippen molar-refractivity contribution in [2.45, 2.75) is 68.0 Å². The van der Waals surface area contributed by atoms with Gasteiger partial charge in [-0.15, -0.1) is 0 Å². The zero-order chi connectivity index (χ0) is 23.0. The van der Waals surface area contributed by atoms with Gasteiger partial charge in [0, 0.05) is 17.9 Å². The number of fused-ring (bicyclic) bond motifs is 3. The quantitative estimate of drug-likeness (QED) is 0.590. The Balaban J connectivity index is 1.58. The van der Waals surface area contributed by atoms with Crippen molar-refractivity contribution in [3.63, 3.8) is 0 Å². The summed E-state index contributed by atoms with van der Waals surface area (Å²) in [4.78, 5) is 12.4. The lowest BCUT2D eigenvalue weighted by molar-refractivity contribution is -0.348. The third kappa shape index (κ3) is 3.47. The molecule has 1 amide bonds. The number of rotatable bonds is 3. The highest BCUT2D eigenvalue weighted by molar-refractivity contribution is 5.80. The van der Waals surface area contributed by atoms with Gasteiger partial charge in [-0.2, -0.15) is 26.3 Å². The highest BCUT2D eigenvalue weighted by Gasteiger charge is 2.73. The van der Waals surface area contributed by atoms with E-state index in [4.69, 9.17) is 0 Å². The second-order valence-corrected chi connectivity index (χ2v) is 8.59. The highest BCUT2D eigenvalue weighted by Crippen LogP contribution is 2.55. The first-order valence-corrected chi connectivity index (χ1v) is 9.80. The molecule has 1 aromatic carbocycles. The van der Waals surface area contributed by atoms with E-state index < -0.39 is 53.8 Å². The normalized spacial score (nSPS) is 29.8. The SMILES string of the molecule is O=C(NC1CC1(F)F)[C@@H]1CCC2c3ccc(C(F)(C(F)(F)F)C(F)(F)F)cc3CCC21. The van der Waals surface area contributed by atoms with Crippen molar-refractivity contribution in [3.8, 4) is 0 Å². The summed E-state index contributed by atoms with van der Waals surface area (Å²) in [5.74, 6) is -4.55. The summed E-state index contributed by atoms with van der Waals surface area (Å²) in [5, 5.41) is 2.32. The molecule has 2 nitrogen and oxygen atoms in total. The number of carbonyl (C=O) groups is 1. The molecule has 0 aliphatic heterocycles. The van der Waals surface area contributed by atoms with Crippen LogP contribution in [0.5, 0.6) is 0 Å². The molecule has 3 unspecified atom stereocenters. The van der Waals surface area contributed by atoms with Crippen LogP contribution in [0.2, 0.25) is 0 Å². The van der Waals surface area contributed by atoms with Gasteiger partial charge in [0.1, 0.15) is 0 Å². The second-order valence-electron chi connectivity index (χ2n) is 8.59. The minimum Gasteiger partial charge on any atom is -0.347 e. The van der Waals surface area contributed by atoms with Gasteiger partial charge in [-0.25, -0.2) is 13.2 Å². The zero-order valence-corrected chi connectivity index (χ0v) is 15.9. The highest BCUT2D eigenvalue weighted by atomic mass is 19.4. The van der Waals surface area contributed by atoms with Crippen molar-refractivity contribution >= 4 is 5.91 Å². The first-order chi connectivity index (χ1) is 14.2. The van der Waals surface area contributed by atoms with E-state index in [1.54, 1.807) is 0 Å². The molecule has 2 saturated carbocycles. The standard InChI is InChI=1S/C20H18F9NO/c21-17(22)8-15(17)30-16(31)14-6-5-12-11-4-2-10(7-9(11)1-3-13(12)14)18(23,19(24,25)26)20(27,28)29/h2,4,7,12-15H,1,3,5-6,8H2,(H,30,31)/t12?,13?,14-,15?/m1/s1. The number of amides is 1. The lowest BCUT2D eigenvalue weighted by atomic mass is 9.73. The summed E-state index contributed by atoms with van der Waals surface area (Å²) in [6.07, 6.45) is -11.6. The number of benzene rings is 1. The monoisotopic (exact) mass is 459 g/mol. The smallest absolute Gasteiger partial charge is 0.347 e. The van der Waals surface area contributed by atoms with Crippen molar-refractivity contribution in [2.75, 3.05) is 0 Å². The van der Waals surface area contributed by atoms with E-state index in [1.165, 1.54) is 0 Å². The van der Waals surface area contributed by atoms with Crippen LogP contribution < -0.4 is 5.32 Å². The number of halogens is 9. The Morgan fingerprint density at radius 3 is 2.13 bits per heavy atom. The van der Waals surface area contributed by atoms with Crippen molar-refractivity contribution in [3.05, 3.63) is 34.9 Å². The molecule has 0 aromatic heterocycles. The van der Waals surface area contributed by atoms with Gasteiger partial charge in [0.05, 0.1) is 6.04 Å². The third-order valence-corrected chi connectivity index (χ3v) is 6.77. The minimum absolute atomic E-state index is 0.0690. The minimum atomic E-state index is -6.18. The van der Waals surface area contributed by atoms with Gasteiger partial charge < -0.3 is 5.32 Å². The Morgan fingerprint density at radius 1 is 0.968 bits per heavy atom. The number of nitrogens with one attached hydrogen (secondary N) is 1. The molecule has 11 heteroatoms. The van der Waals surface area contributed by atoms with Gasteiger partial charge in [0.15, 0.2) is 0 Å². The number of hydrogen-bond acceptors (Lipinski definition) is 1. The van der Waals surface area contributed by atoms with Crippen molar-refractivity contribution in [1.29, 1.82) is 0 Å². The maximum atomic E-state index is 14.4. The molecule has 0 radical (unpaired) electrons. The molecule has 0 saturated heterocycles. The summed E-state index contributed by atoms with van der Waals surface area (Å²) in [7, 11) is 0. The van der Waals surface area contributed by atoms with Crippen LogP contribution in [0, 0.1) is 11.8 Å². The Bertz CT molecular complexity index is 878. The maximum absolute atomic E-state index is 14.4. The van der Waals surface area contributed by atoms with E-state index in [2.05, 4.69) is 5.32 Å². The number of aryl methyl sites for hydroxylation is 1. The largest absolute Gasteiger partial charge is 0.435 e. The molecule has 0 bridgehead atoms. The zero-order valence-electron chi connectivity index (χ0n) is 15.9. The van der Waals surface area contributed by atoms with E-state index in [-0.39, 0.29) is 30.2 Å². The van der Waals surface area contributed by atoms with Gasteiger partial charge in [-0.05, 0) is 48.6 Å². The lowest BCUT2D eigenvalue weighted by Gasteiger charge is -2.34. The third-order valence-electron chi connectivity index (χ3n) is 6.77. The summed E-state index contributed by atoms with van der Waals surface area (Å²) in [5.41, 5.74) is -6.34. The Kier molecular flexibility index (Phi) is 4.87. The predicted octanol–water partition coefficient (Wildman–Crippen LogP) is 5.56. The molecule has 2 fully saturated rings. The van der Waals surface area contributed by atoms with Crippen molar-refractivity contribution in [2.24, 2.45) is 11.8 Å². The molecule has 3 aliphatic rings. The van der Waals surface area contributed by atoms with Crippen LogP contribution in [0.4, 0.5) is 39.5 Å². The molecular weight excluding hydrogens is 441 g/mol.